The molecule has 26 heavy (non-hydrogen) atoms. The zero-order chi connectivity index (χ0) is 30.0. The van der Waals surface area contributed by atoms with Gasteiger partial charge in [0.1, 0.15) is 12.1 Å². The fraction of sp³-hybridized carbons (Fsp3) is 0.550. The molecule has 1 aliphatic heterocycles. The van der Waals surface area contributed by atoms with Crippen LogP contribution in [0.15, 0.2) is 24.2 Å². The van der Waals surface area contributed by atoms with Crippen molar-refractivity contribution in [2.75, 3.05) is 13.6 Å². The standard InChI is InChI=1S/C20H28N2O4/c1-12(2)18(24)16(23)11-13(3)19(25)21-17-15-8-6-5-7-14(15)9-10-22(4)20(17)26/h5-8,12-13,17-18,24H,9-11H2,1-4H3,(H,21,25)/t13-,17+,18+/m1/s1/i1D3,5D,6D,7D,8D,9D2,12D,17D,18D/t12?,13-,17+,18+. The fourth-order valence-corrected chi connectivity index (χ4v) is 2.24. The number of hydrogen-bond acceptors (Lipinski definition) is 4. The molecule has 2 amide bonds. The Morgan fingerprint density at radius 2 is 2.23 bits per heavy atom. The molecule has 6 heteroatoms. The molecule has 1 unspecified atom stereocenters. The lowest BCUT2D eigenvalue weighted by Gasteiger charge is -2.24. The number of carbonyl (C=O) groups excluding carboxylic acids is 3. The SMILES string of the molecule is [2H]c1c([2H])c([2H])c2c(c1[2H])C([2H])([2H])CN(C)C(=O)[C@@]2([2H])NC(=O)[C@H](C)CC(=O)[C@@]([2H])(O)C([2H])(C)C([2H])([2H])[2H]. The maximum absolute atomic E-state index is 13.2. The van der Waals surface area contributed by atoms with E-state index in [4.69, 9.17) is 16.4 Å². The van der Waals surface area contributed by atoms with Crippen molar-refractivity contribution in [3.05, 3.63) is 35.3 Å². The van der Waals surface area contributed by atoms with E-state index in [1.54, 1.807) is 0 Å². The van der Waals surface area contributed by atoms with Crippen LogP contribution >= 0.6 is 0 Å². The van der Waals surface area contributed by atoms with E-state index < -0.39 is 103 Å². The topological polar surface area (TPSA) is 86.7 Å². The van der Waals surface area contributed by atoms with Crippen LogP contribution in [0.1, 0.15) is 60.7 Å². The van der Waals surface area contributed by atoms with Crippen LogP contribution < -0.4 is 5.32 Å². The highest BCUT2D eigenvalue weighted by Gasteiger charge is 2.32. The smallest absolute Gasteiger partial charge is 0.249 e. The van der Waals surface area contributed by atoms with E-state index in [0.717, 1.165) is 18.9 Å². The van der Waals surface area contributed by atoms with Crippen LogP contribution in [0, 0.1) is 11.8 Å². The lowest BCUT2D eigenvalue weighted by atomic mass is 9.94. The molecule has 0 aromatic heterocycles. The number of fused-ring (bicyclic) bond motifs is 1. The molecule has 1 aromatic carbocycles. The van der Waals surface area contributed by atoms with Gasteiger partial charge >= 0.3 is 0 Å². The van der Waals surface area contributed by atoms with Crippen LogP contribution in [0.5, 0.6) is 0 Å². The Hall–Kier alpha value is -2.21. The van der Waals surface area contributed by atoms with Crippen LogP contribution in [0.4, 0.5) is 0 Å². The van der Waals surface area contributed by atoms with Gasteiger partial charge in [0, 0.05) is 34.2 Å². The van der Waals surface area contributed by atoms with Gasteiger partial charge in [-0.05, 0) is 23.4 Å². The average Bonchev–Trinajstić information content (AvgIpc) is 2.82. The van der Waals surface area contributed by atoms with E-state index in [0.29, 0.717) is 6.92 Å². The number of likely N-dealkylation sites (N-methyl/N-ethyl adjacent to an activating group) is 1. The lowest BCUT2D eigenvalue weighted by Crippen LogP contribution is -2.43. The van der Waals surface area contributed by atoms with Crippen molar-refractivity contribution >= 4 is 17.6 Å². The molecule has 6 nitrogen and oxygen atoms in total. The first kappa shape index (κ1) is 9.13. The van der Waals surface area contributed by atoms with Gasteiger partial charge < -0.3 is 15.3 Å². The van der Waals surface area contributed by atoms with Gasteiger partial charge in [-0.2, -0.15) is 0 Å². The minimum atomic E-state index is -3.47. The summed E-state index contributed by atoms with van der Waals surface area (Å²) in [6, 6.07) is -6.45. The maximum atomic E-state index is 13.2. The van der Waals surface area contributed by atoms with E-state index in [1.165, 1.54) is 0 Å². The Bertz CT molecular complexity index is 1180. The van der Waals surface area contributed by atoms with Crippen molar-refractivity contribution in [2.24, 2.45) is 11.8 Å². The average molecular weight is 373 g/mol. The summed E-state index contributed by atoms with van der Waals surface area (Å²) >= 11 is 0. The molecule has 2 rings (SSSR count). The Kier molecular flexibility index (Phi) is 2.97. The normalized spacial score (nSPS) is 34.9. The molecule has 1 heterocycles. The van der Waals surface area contributed by atoms with Crippen LogP contribution in [-0.2, 0) is 20.8 Å². The number of benzene rings is 1. The lowest BCUT2D eigenvalue weighted by molar-refractivity contribution is -0.137. The summed E-state index contributed by atoms with van der Waals surface area (Å²) in [5.74, 6) is -8.47. The first-order valence-electron chi connectivity index (χ1n) is 13.8. The number of Topliss-reactive ketones (excluding diaryl/α,β-unsaturated/α-hetero) is 1. The van der Waals surface area contributed by atoms with Gasteiger partial charge in [0.15, 0.2) is 5.78 Å². The highest BCUT2D eigenvalue weighted by Crippen LogP contribution is 2.25. The summed E-state index contributed by atoms with van der Waals surface area (Å²) < 4.78 is 95.7. The number of nitrogens with one attached hydrogen (secondary N) is 1. The van der Waals surface area contributed by atoms with Gasteiger partial charge in [-0.15, -0.1) is 0 Å². The van der Waals surface area contributed by atoms with Gasteiger partial charge in [-0.25, -0.2) is 0 Å². The number of hydrogen-bond donors (Lipinski definition) is 2. The number of rotatable bonds is 6. The number of carbonyl (C=O) groups is 3. The van der Waals surface area contributed by atoms with E-state index >= 15 is 0 Å². The van der Waals surface area contributed by atoms with Gasteiger partial charge in [0.05, 0.1) is 8.22 Å². The minimum Gasteiger partial charge on any atom is -0.385 e. The molecule has 142 valence electrons. The maximum Gasteiger partial charge on any atom is 0.249 e. The first-order valence-corrected chi connectivity index (χ1v) is 7.80. The minimum absolute atomic E-state index is 0.659. The van der Waals surface area contributed by atoms with Crippen molar-refractivity contribution in [1.29, 1.82) is 0 Å². The Balaban J connectivity index is 2.56. The number of nitrogens with zero attached hydrogens (tertiary/aromatic N) is 1. The third kappa shape index (κ3) is 4.49. The van der Waals surface area contributed by atoms with Gasteiger partial charge in [0.2, 0.25) is 11.8 Å². The second-order valence-corrected chi connectivity index (χ2v) is 5.95. The summed E-state index contributed by atoms with van der Waals surface area (Å²) in [6.45, 7) is -2.21. The molecule has 1 aliphatic rings. The second kappa shape index (κ2) is 8.45. The quantitative estimate of drug-likeness (QED) is 0.792. The summed E-state index contributed by atoms with van der Waals surface area (Å²) in [5.41, 5.74) is -1.53. The Morgan fingerprint density at radius 1 is 1.54 bits per heavy atom. The van der Waals surface area contributed by atoms with Crippen LogP contribution in [0.25, 0.3) is 0 Å². The summed E-state index contributed by atoms with van der Waals surface area (Å²) in [7, 11) is 1.11. The third-order valence-corrected chi connectivity index (χ3v) is 3.80. The predicted molar refractivity (Wildman–Crippen MR) is 98.3 cm³/mol. The zero-order valence-corrected chi connectivity index (χ0v) is 14.6. The predicted octanol–water partition coefficient (Wildman–Crippen LogP) is 1.47. The van der Waals surface area contributed by atoms with Crippen molar-refractivity contribution in [3.8, 4) is 0 Å². The molecular weight excluding hydrogens is 332 g/mol. The van der Waals surface area contributed by atoms with Crippen LogP contribution in [0.2, 0.25) is 0 Å². The number of aliphatic hydroxyl groups is 1. The van der Waals surface area contributed by atoms with Gasteiger partial charge in [-0.3, -0.25) is 14.4 Å². The molecule has 0 aliphatic carbocycles. The number of amides is 2. The molecule has 1 aromatic rings. The Labute approximate surface area is 171 Å². The monoisotopic (exact) mass is 372 g/mol. The van der Waals surface area contributed by atoms with E-state index in [2.05, 4.69) is 0 Å². The molecule has 0 bridgehead atoms. The third-order valence-electron chi connectivity index (χ3n) is 3.80. The van der Waals surface area contributed by atoms with E-state index in [9.17, 15) is 19.5 Å². The van der Waals surface area contributed by atoms with Crippen LogP contribution in [-0.4, -0.2) is 47.3 Å². The Morgan fingerprint density at radius 3 is 2.92 bits per heavy atom. The van der Waals surface area contributed by atoms with Gasteiger partial charge in [0.25, 0.3) is 0 Å². The molecule has 2 N–H and O–H groups in total. The highest BCUT2D eigenvalue weighted by atomic mass is 16.3. The van der Waals surface area contributed by atoms with Crippen molar-refractivity contribution in [3.63, 3.8) is 0 Å². The molecule has 0 saturated heterocycles. The molecule has 0 spiro atoms. The van der Waals surface area contributed by atoms with Gasteiger partial charge in [-0.1, -0.05) is 44.9 Å². The van der Waals surface area contributed by atoms with Crippen molar-refractivity contribution in [2.45, 2.75) is 45.6 Å². The first-order chi connectivity index (χ1) is 16.9. The largest absolute Gasteiger partial charge is 0.385 e. The summed E-state index contributed by atoms with van der Waals surface area (Å²) in [6.07, 6.45) is -7.01. The summed E-state index contributed by atoms with van der Waals surface area (Å²) in [5, 5.41) is 12.3. The highest BCUT2D eigenvalue weighted by molar-refractivity contribution is 5.92. The summed E-state index contributed by atoms with van der Waals surface area (Å²) in [4.78, 5) is 39.7. The van der Waals surface area contributed by atoms with Crippen LogP contribution in [0.3, 0.4) is 0 Å². The molecule has 0 radical (unpaired) electrons. The molecular formula is C20H28N2O4. The molecule has 0 saturated carbocycles. The molecule has 4 atom stereocenters. The molecule has 0 fully saturated rings. The van der Waals surface area contributed by atoms with E-state index in [-0.39, 0.29) is 0 Å². The fourth-order valence-electron chi connectivity index (χ4n) is 2.24. The second-order valence-electron chi connectivity index (χ2n) is 5.95. The van der Waals surface area contributed by atoms with E-state index in [1.807, 2.05) is 5.32 Å². The van der Waals surface area contributed by atoms with Crippen molar-refractivity contribution in [1.82, 2.24) is 10.2 Å². The zero-order valence-electron chi connectivity index (χ0n) is 26.6. The number of ketones is 1. The van der Waals surface area contributed by atoms with Crippen molar-refractivity contribution < 1.29 is 35.9 Å².